The van der Waals surface area contributed by atoms with E-state index in [9.17, 15) is 14.0 Å². The van der Waals surface area contributed by atoms with Gasteiger partial charge < -0.3 is 5.32 Å². The number of carbonyl (C=O) groups is 2. The molecule has 132 valence electrons. The Bertz CT molecular complexity index is 766. The van der Waals surface area contributed by atoms with Gasteiger partial charge in [0, 0.05) is 16.2 Å². The molecule has 3 N–H and O–H groups in total. The van der Waals surface area contributed by atoms with Gasteiger partial charge in [-0.15, -0.1) is 0 Å². The van der Waals surface area contributed by atoms with Gasteiger partial charge in [-0.05, 0) is 43.7 Å². The summed E-state index contributed by atoms with van der Waals surface area (Å²) >= 11 is 6.06. The molecule has 0 unspecified atom stereocenters. The van der Waals surface area contributed by atoms with E-state index < -0.39 is 23.3 Å². The summed E-state index contributed by atoms with van der Waals surface area (Å²) in [6.45, 7) is 3.51. The minimum absolute atomic E-state index is 0.108. The quantitative estimate of drug-likeness (QED) is 0.759. The molecule has 0 saturated heterocycles. The summed E-state index contributed by atoms with van der Waals surface area (Å²) in [6, 6.07) is 12.2. The van der Waals surface area contributed by atoms with Crippen LogP contribution in [0.25, 0.3) is 0 Å². The number of hydrogen-bond donors (Lipinski definition) is 3. The molecule has 0 aliphatic heterocycles. The second-order valence-corrected chi connectivity index (χ2v) is 6.38. The van der Waals surface area contributed by atoms with Crippen molar-refractivity contribution in [3.05, 3.63) is 64.9 Å². The van der Waals surface area contributed by atoms with Crippen LogP contribution in [-0.2, 0) is 10.3 Å². The molecule has 2 aromatic carbocycles. The molecule has 0 aliphatic carbocycles. The van der Waals surface area contributed by atoms with Crippen molar-refractivity contribution in [2.45, 2.75) is 19.4 Å². The Balaban J connectivity index is 1.89. The fourth-order valence-electron chi connectivity index (χ4n) is 2.25. The van der Waals surface area contributed by atoms with E-state index in [1.165, 1.54) is 12.1 Å². The Kier molecular flexibility index (Phi) is 6.12. The van der Waals surface area contributed by atoms with Crippen molar-refractivity contribution >= 4 is 29.2 Å². The van der Waals surface area contributed by atoms with Crippen molar-refractivity contribution < 1.29 is 14.0 Å². The number of hydrogen-bond acceptors (Lipinski definition) is 3. The standard InChI is InChI=1S/C18H19ClFN3O2/c1-18(2,14-9-8-12(20)10-15(14)19)21-11-16(24)23-17(25)22-13-6-4-3-5-7-13/h3-10,21H,11H2,1-2H3,(H2,22,23,24,25). The first-order valence-corrected chi connectivity index (χ1v) is 8.02. The van der Waals surface area contributed by atoms with Crippen molar-refractivity contribution in [2.75, 3.05) is 11.9 Å². The van der Waals surface area contributed by atoms with E-state index in [1.54, 1.807) is 30.3 Å². The average molecular weight is 364 g/mol. The Labute approximate surface area is 150 Å². The number of carbonyl (C=O) groups excluding carboxylic acids is 2. The third kappa shape index (κ3) is 5.55. The first kappa shape index (κ1) is 18.9. The number of anilines is 1. The maximum absolute atomic E-state index is 13.2. The number of rotatable bonds is 5. The SMILES string of the molecule is CC(C)(NCC(=O)NC(=O)Nc1ccccc1)c1ccc(F)cc1Cl. The van der Waals surface area contributed by atoms with Gasteiger partial charge in [-0.25, -0.2) is 9.18 Å². The van der Waals surface area contributed by atoms with Crippen molar-refractivity contribution in [1.82, 2.24) is 10.6 Å². The van der Waals surface area contributed by atoms with Crippen LogP contribution < -0.4 is 16.0 Å². The van der Waals surface area contributed by atoms with E-state index in [2.05, 4.69) is 16.0 Å². The third-order valence-corrected chi connectivity index (χ3v) is 3.89. The molecule has 0 heterocycles. The van der Waals surface area contributed by atoms with Crippen molar-refractivity contribution in [1.29, 1.82) is 0 Å². The number of halogens is 2. The molecular weight excluding hydrogens is 345 g/mol. The predicted octanol–water partition coefficient (Wildman–Crippen LogP) is 3.65. The molecule has 0 spiro atoms. The molecular formula is C18H19ClFN3O2. The lowest BCUT2D eigenvalue weighted by atomic mass is 9.94. The van der Waals surface area contributed by atoms with Crippen LogP contribution in [0.5, 0.6) is 0 Å². The highest BCUT2D eigenvalue weighted by atomic mass is 35.5. The van der Waals surface area contributed by atoms with Gasteiger partial charge in [-0.2, -0.15) is 0 Å². The molecule has 2 rings (SSSR count). The van der Waals surface area contributed by atoms with E-state index in [4.69, 9.17) is 11.6 Å². The molecule has 0 atom stereocenters. The first-order valence-electron chi connectivity index (χ1n) is 7.64. The number of imide groups is 1. The second-order valence-electron chi connectivity index (χ2n) is 5.97. The first-order chi connectivity index (χ1) is 11.8. The summed E-state index contributed by atoms with van der Waals surface area (Å²) in [4.78, 5) is 23.7. The average Bonchev–Trinajstić information content (AvgIpc) is 2.53. The van der Waals surface area contributed by atoms with Gasteiger partial charge in [0.2, 0.25) is 5.91 Å². The summed E-state index contributed by atoms with van der Waals surface area (Å²) < 4.78 is 13.2. The fraction of sp³-hybridized carbons (Fsp3) is 0.222. The molecule has 5 nitrogen and oxygen atoms in total. The second kappa shape index (κ2) is 8.09. The van der Waals surface area contributed by atoms with E-state index in [1.807, 2.05) is 19.9 Å². The van der Waals surface area contributed by atoms with Crippen LogP contribution in [0.4, 0.5) is 14.9 Å². The minimum Gasteiger partial charge on any atom is -0.308 e. The highest BCUT2D eigenvalue weighted by molar-refractivity contribution is 6.31. The molecule has 0 radical (unpaired) electrons. The topological polar surface area (TPSA) is 70.2 Å². The van der Waals surface area contributed by atoms with Crippen LogP contribution in [0.3, 0.4) is 0 Å². The van der Waals surface area contributed by atoms with Crippen LogP contribution in [0.2, 0.25) is 5.02 Å². The number of benzene rings is 2. The van der Waals surface area contributed by atoms with Crippen molar-refractivity contribution in [3.8, 4) is 0 Å². The summed E-state index contributed by atoms with van der Waals surface area (Å²) in [5, 5.41) is 8.06. The smallest absolute Gasteiger partial charge is 0.308 e. The molecule has 0 aromatic heterocycles. The van der Waals surface area contributed by atoms with Crippen LogP contribution in [0.1, 0.15) is 19.4 Å². The van der Waals surface area contributed by atoms with Gasteiger partial charge in [-0.3, -0.25) is 15.4 Å². The van der Waals surface area contributed by atoms with Crippen LogP contribution >= 0.6 is 11.6 Å². The van der Waals surface area contributed by atoms with Gasteiger partial charge in [-0.1, -0.05) is 35.9 Å². The molecule has 0 bridgehead atoms. The summed E-state index contributed by atoms with van der Waals surface area (Å²) in [7, 11) is 0. The van der Waals surface area contributed by atoms with Crippen molar-refractivity contribution in [3.63, 3.8) is 0 Å². The highest BCUT2D eigenvalue weighted by Gasteiger charge is 2.24. The Hall–Kier alpha value is -2.44. The fourth-order valence-corrected chi connectivity index (χ4v) is 2.65. The van der Waals surface area contributed by atoms with Gasteiger partial charge in [0.15, 0.2) is 0 Å². The number of urea groups is 1. The molecule has 25 heavy (non-hydrogen) atoms. The third-order valence-electron chi connectivity index (χ3n) is 3.58. The zero-order chi connectivity index (χ0) is 18.4. The van der Waals surface area contributed by atoms with E-state index >= 15 is 0 Å². The van der Waals surface area contributed by atoms with Crippen LogP contribution in [0.15, 0.2) is 48.5 Å². The van der Waals surface area contributed by atoms with E-state index in [-0.39, 0.29) is 11.6 Å². The minimum atomic E-state index is -0.683. The summed E-state index contributed by atoms with van der Waals surface area (Å²) in [5.74, 6) is -0.931. The maximum atomic E-state index is 13.2. The van der Waals surface area contributed by atoms with Gasteiger partial charge in [0.25, 0.3) is 0 Å². The normalized spacial score (nSPS) is 11.0. The lowest BCUT2D eigenvalue weighted by molar-refractivity contribution is -0.119. The van der Waals surface area contributed by atoms with Gasteiger partial charge >= 0.3 is 6.03 Å². The zero-order valence-corrected chi connectivity index (χ0v) is 14.7. The molecule has 0 aliphatic rings. The lowest BCUT2D eigenvalue weighted by Gasteiger charge is -2.27. The van der Waals surface area contributed by atoms with Crippen LogP contribution in [0, 0.1) is 5.82 Å². The maximum Gasteiger partial charge on any atom is 0.325 e. The Morgan fingerprint density at radius 2 is 1.80 bits per heavy atom. The number of amides is 3. The number of para-hydroxylation sites is 1. The zero-order valence-electron chi connectivity index (χ0n) is 13.9. The van der Waals surface area contributed by atoms with E-state index in [0.29, 0.717) is 11.3 Å². The lowest BCUT2D eigenvalue weighted by Crippen LogP contribution is -2.45. The number of nitrogens with one attached hydrogen (secondary N) is 3. The van der Waals surface area contributed by atoms with Gasteiger partial charge in [0.05, 0.1) is 6.54 Å². The Morgan fingerprint density at radius 3 is 2.44 bits per heavy atom. The Morgan fingerprint density at radius 1 is 1.12 bits per heavy atom. The van der Waals surface area contributed by atoms with Crippen molar-refractivity contribution in [2.24, 2.45) is 0 Å². The largest absolute Gasteiger partial charge is 0.325 e. The molecule has 7 heteroatoms. The summed E-state index contributed by atoms with van der Waals surface area (Å²) in [5.41, 5.74) is 0.550. The molecule has 0 saturated carbocycles. The van der Waals surface area contributed by atoms with Gasteiger partial charge in [0.1, 0.15) is 5.82 Å². The molecule has 0 fully saturated rings. The predicted molar refractivity (Wildman–Crippen MR) is 96.0 cm³/mol. The summed E-state index contributed by atoms with van der Waals surface area (Å²) in [6.07, 6.45) is 0. The molecule has 3 amide bonds. The van der Waals surface area contributed by atoms with E-state index in [0.717, 1.165) is 0 Å². The highest BCUT2D eigenvalue weighted by Crippen LogP contribution is 2.28. The molecule has 2 aromatic rings. The monoisotopic (exact) mass is 363 g/mol. The van der Waals surface area contributed by atoms with Crippen LogP contribution in [-0.4, -0.2) is 18.5 Å².